The third kappa shape index (κ3) is 4.64. The monoisotopic (exact) mass is 349 g/mol. The third-order valence-corrected chi connectivity index (χ3v) is 3.78. The van der Waals surface area contributed by atoms with Crippen LogP contribution < -0.4 is 10.6 Å². The van der Waals surface area contributed by atoms with Crippen LogP contribution in [-0.4, -0.2) is 10.0 Å². The van der Waals surface area contributed by atoms with Gasteiger partial charge in [0.05, 0.1) is 15.6 Å². The SMILES string of the molecule is CC(C)c1ccc(NC(=S)Nc2cc([N+](=O)[O-])ccc2Cl)cc1. The molecule has 0 bridgehead atoms. The predicted octanol–water partition coefficient (Wildman–Crippen LogP) is 5.18. The Balaban J connectivity index is 2.07. The molecule has 5 nitrogen and oxygen atoms in total. The number of non-ortho nitro benzene ring substituents is 1. The lowest BCUT2D eigenvalue weighted by Crippen LogP contribution is -2.19. The van der Waals surface area contributed by atoms with E-state index in [2.05, 4.69) is 24.5 Å². The summed E-state index contributed by atoms with van der Waals surface area (Å²) < 4.78 is 0. The Morgan fingerprint density at radius 2 is 1.83 bits per heavy atom. The number of hydrogen-bond acceptors (Lipinski definition) is 3. The molecule has 0 heterocycles. The first kappa shape index (κ1) is 17.2. The van der Waals surface area contributed by atoms with Gasteiger partial charge in [0.2, 0.25) is 0 Å². The van der Waals surface area contributed by atoms with E-state index in [9.17, 15) is 10.1 Å². The number of nitro benzene ring substituents is 1. The van der Waals surface area contributed by atoms with Crippen molar-refractivity contribution in [3.63, 3.8) is 0 Å². The smallest absolute Gasteiger partial charge is 0.271 e. The van der Waals surface area contributed by atoms with Crippen LogP contribution in [0.1, 0.15) is 25.3 Å². The maximum atomic E-state index is 10.8. The maximum Gasteiger partial charge on any atom is 0.271 e. The number of nitrogens with one attached hydrogen (secondary N) is 2. The van der Waals surface area contributed by atoms with E-state index in [1.807, 2.05) is 24.3 Å². The summed E-state index contributed by atoms with van der Waals surface area (Å²) in [6.07, 6.45) is 0. The molecule has 0 aliphatic heterocycles. The Morgan fingerprint density at radius 3 is 2.39 bits per heavy atom. The molecule has 0 aliphatic carbocycles. The fraction of sp³-hybridized carbons (Fsp3) is 0.188. The molecule has 0 atom stereocenters. The van der Waals surface area contributed by atoms with E-state index in [4.69, 9.17) is 23.8 Å². The summed E-state index contributed by atoms with van der Waals surface area (Å²) in [5, 5.41) is 17.4. The van der Waals surface area contributed by atoms with Gasteiger partial charge in [-0.15, -0.1) is 0 Å². The second kappa shape index (κ2) is 7.39. The molecule has 120 valence electrons. The number of anilines is 2. The third-order valence-electron chi connectivity index (χ3n) is 3.24. The van der Waals surface area contributed by atoms with E-state index in [-0.39, 0.29) is 5.69 Å². The van der Waals surface area contributed by atoms with Gasteiger partial charge in [-0.1, -0.05) is 37.6 Å². The van der Waals surface area contributed by atoms with Crippen LogP contribution in [0.4, 0.5) is 17.1 Å². The summed E-state index contributed by atoms with van der Waals surface area (Å²) in [7, 11) is 0. The summed E-state index contributed by atoms with van der Waals surface area (Å²) in [6.45, 7) is 4.25. The minimum Gasteiger partial charge on any atom is -0.332 e. The molecule has 0 spiro atoms. The highest BCUT2D eigenvalue weighted by molar-refractivity contribution is 7.80. The Labute approximate surface area is 144 Å². The number of thiocarbonyl (C=S) groups is 1. The fourth-order valence-electron chi connectivity index (χ4n) is 1.96. The zero-order valence-electron chi connectivity index (χ0n) is 12.7. The summed E-state index contributed by atoms with van der Waals surface area (Å²) in [5.41, 5.74) is 2.39. The van der Waals surface area contributed by atoms with Crippen LogP contribution in [0.25, 0.3) is 0 Å². The molecule has 2 N–H and O–H groups in total. The van der Waals surface area contributed by atoms with Crippen molar-refractivity contribution in [2.75, 3.05) is 10.6 Å². The zero-order chi connectivity index (χ0) is 17.0. The van der Waals surface area contributed by atoms with Gasteiger partial charge in [-0.25, -0.2) is 0 Å². The molecule has 0 aliphatic rings. The van der Waals surface area contributed by atoms with E-state index in [1.165, 1.54) is 23.8 Å². The fourth-order valence-corrected chi connectivity index (χ4v) is 2.35. The molecule has 2 aromatic rings. The van der Waals surface area contributed by atoms with Gasteiger partial charge in [-0.05, 0) is 41.9 Å². The summed E-state index contributed by atoms with van der Waals surface area (Å²) in [5.74, 6) is 0.456. The van der Waals surface area contributed by atoms with Gasteiger partial charge in [0.25, 0.3) is 5.69 Å². The number of hydrogen-bond donors (Lipinski definition) is 2. The van der Waals surface area contributed by atoms with Crippen LogP contribution in [0, 0.1) is 10.1 Å². The average Bonchev–Trinajstić information content (AvgIpc) is 2.49. The Bertz CT molecular complexity index is 733. The second-order valence-corrected chi connectivity index (χ2v) is 6.09. The minimum absolute atomic E-state index is 0.0546. The van der Waals surface area contributed by atoms with Crippen molar-refractivity contribution in [3.8, 4) is 0 Å². The van der Waals surface area contributed by atoms with Gasteiger partial charge >= 0.3 is 0 Å². The van der Waals surface area contributed by atoms with Crippen LogP contribution in [0.5, 0.6) is 0 Å². The first-order chi connectivity index (χ1) is 10.9. The molecule has 0 saturated heterocycles. The van der Waals surface area contributed by atoms with Gasteiger partial charge in [0.15, 0.2) is 5.11 Å². The summed E-state index contributed by atoms with van der Waals surface area (Å²) in [6, 6.07) is 12.1. The molecular weight excluding hydrogens is 334 g/mol. The van der Waals surface area contributed by atoms with E-state index >= 15 is 0 Å². The van der Waals surface area contributed by atoms with Crippen LogP contribution in [0.3, 0.4) is 0 Å². The summed E-state index contributed by atoms with van der Waals surface area (Å²) in [4.78, 5) is 10.3. The van der Waals surface area contributed by atoms with Crippen molar-refractivity contribution in [2.24, 2.45) is 0 Å². The van der Waals surface area contributed by atoms with Gasteiger partial charge in [-0.3, -0.25) is 10.1 Å². The highest BCUT2D eigenvalue weighted by Gasteiger charge is 2.11. The molecule has 0 fully saturated rings. The quantitative estimate of drug-likeness (QED) is 0.452. The van der Waals surface area contributed by atoms with Crippen molar-refractivity contribution >= 4 is 46.0 Å². The Hall–Kier alpha value is -2.18. The van der Waals surface area contributed by atoms with Crippen molar-refractivity contribution < 1.29 is 4.92 Å². The van der Waals surface area contributed by atoms with Crippen LogP contribution >= 0.6 is 23.8 Å². The Morgan fingerprint density at radius 1 is 1.17 bits per heavy atom. The first-order valence-corrected chi connectivity index (χ1v) is 7.77. The summed E-state index contributed by atoms with van der Waals surface area (Å²) >= 11 is 11.3. The van der Waals surface area contributed by atoms with E-state index in [0.717, 1.165) is 5.69 Å². The maximum absolute atomic E-state index is 10.8. The van der Waals surface area contributed by atoms with Gasteiger partial charge < -0.3 is 10.6 Å². The second-order valence-electron chi connectivity index (χ2n) is 5.28. The first-order valence-electron chi connectivity index (χ1n) is 6.98. The van der Waals surface area contributed by atoms with Crippen LogP contribution in [0.15, 0.2) is 42.5 Å². The highest BCUT2D eigenvalue weighted by atomic mass is 35.5. The molecule has 2 aromatic carbocycles. The topological polar surface area (TPSA) is 67.2 Å². The number of halogens is 1. The Kier molecular flexibility index (Phi) is 5.52. The zero-order valence-corrected chi connectivity index (χ0v) is 14.2. The minimum atomic E-state index is -0.484. The van der Waals surface area contributed by atoms with Crippen molar-refractivity contribution in [3.05, 3.63) is 63.2 Å². The molecule has 0 radical (unpaired) electrons. The molecule has 23 heavy (non-hydrogen) atoms. The highest BCUT2D eigenvalue weighted by Crippen LogP contribution is 2.27. The van der Waals surface area contributed by atoms with Crippen LogP contribution in [-0.2, 0) is 0 Å². The van der Waals surface area contributed by atoms with Crippen LogP contribution in [0.2, 0.25) is 5.02 Å². The molecule has 0 unspecified atom stereocenters. The molecule has 2 rings (SSSR count). The molecule has 0 saturated carbocycles. The predicted molar refractivity (Wildman–Crippen MR) is 98.5 cm³/mol. The standard InChI is InChI=1S/C16H16ClN3O2S/c1-10(2)11-3-5-12(6-4-11)18-16(23)19-15-9-13(20(21)22)7-8-14(15)17/h3-10H,1-2H3,(H2,18,19,23). The average molecular weight is 350 g/mol. The van der Waals surface area contributed by atoms with E-state index in [1.54, 1.807) is 0 Å². The van der Waals surface area contributed by atoms with Gasteiger partial charge in [0.1, 0.15) is 0 Å². The largest absolute Gasteiger partial charge is 0.332 e. The van der Waals surface area contributed by atoms with E-state index < -0.39 is 4.92 Å². The lowest BCUT2D eigenvalue weighted by Gasteiger charge is -2.12. The molecule has 0 amide bonds. The van der Waals surface area contributed by atoms with Crippen molar-refractivity contribution in [2.45, 2.75) is 19.8 Å². The van der Waals surface area contributed by atoms with Gasteiger partial charge in [-0.2, -0.15) is 0 Å². The number of rotatable bonds is 4. The van der Waals surface area contributed by atoms with Gasteiger partial charge in [0, 0.05) is 17.8 Å². The lowest BCUT2D eigenvalue weighted by molar-refractivity contribution is -0.384. The van der Waals surface area contributed by atoms with E-state index in [0.29, 0.717) is 21.7 Å². The van der Waals surface area contributed by atoms with Crippen molar-refractivity contribution in [1.29, 1.82) is 0 Å². The van der Waals surface area contributed by atoms with Crippen molar-refractivity contribution in [1.82, 2.24) is 0 Å². The number of nitro groups is 1. The molecule has 7 heteroatoms. The number of nitrogens with zero attached hydrogens (tertiary/aromatic N) is 1. The molecule has 0 aromatic heterocycles. The number of benzene rings is 2. The lowest BCUT2D eigenvalue weighted by atomic mass is 10.0. The normalized spacial score (nSPS) is 10.4. The molecular formula is C16H16ClN3O2S.